The van der Waals surface area contributed by atoms with Crippen LogP contribution in [0.25, 0.3) is 6.08 Å². The van der Waals surface area contributed by atoms with E-state index in [9.17, 15) is 19.5 Å². The number of aliphatic carboxylic acids is 1. The Kier molecular flexibility index (Phi) is 6.20. The van der Waals surface area contributed by atoms with Gasteiger partial charge in [-0.2, -0.15) is 0 Å². The molecule has 1 atom stereocenters. The van der Waals surface area contributed by atoms with Gasteiger partial charge in [-0.15, -0.1) is 0 Å². The van der Waals surface area contributed by atoms with Crippen LogP contribution in [0.1, 0.15) is 43.7 Å². The predicted octanol–water partition coefficient (Wildman–Crippen LogP) is 1.75. The monoisotopic (exact) mass is 417 g/mol. The number of carboxylic acid groups (broad SMARTS) is 1. The van der Waals surface area contributed by atoms with Crippen LogP contribution in [-0.2, 0) is 14.4 Å². The van der Waals surface area contributed by atoms with Gasteiger partial charge in [-0.05, 0) is 36.0 Å². The molecule has 148 valence electrons. The van der Waals surface area contributed by atoms with E-state index in [-0.39, 0.29) is 12.5 Å². The Morgan fingerprint density at radius 2 is 2.00 bits per heavy atom. The first-order valence-corrected chi connectivity index (χ1v) is 10.4. The maximum absolute atomic E-state index is 12.7. The third-order valence-electron chi connectivity index (χ3n) is 4.91. The number of amides is 2. The molecule has 2 amide bonds. The van der Waals surface area contributed by atoms with Crippen molar-refractivity contribution in [3.8, 4) is 0 Å². The first kappa shape index (κ1) is 20.5. The number of rotatable bonds is 5. The molecule has 2 saturated heterocycles. The fourth-order valence-corrected chi connectivity index (χ4v) is 4.56. The summed E-state index contributed by atoms with van der Waals surface area (Å²) in [4.78, 5) is 39.4. The molecule has 2 fully saturated rings. The van der Waals surface area contributed by atoms with Crippen LogP contribution in [-0.4, -0.2) is 51.0 Å². The maximum atomic E-state index is 12.7. The number of nitrogens with zero attached hydrogens (tertiary/aromatic N) is 2. The summed E-state index contributed by atoms with van der Waals surface area (Å²) in [6.45, 7) is 4.33. The Balaban J connectivity index is 1.71. The van der Waals surface area contributed by atoms with E-state index in [2.05, 4.69) is 13.8 Å². The first-order valence-electron chi connectivity index (χ1n) is 9.13. The Hall–Kier alpha value is -2.19. The second kappa shape index (κ2) is 8.45. The molecule has 0 unspecified atom stereocenters. The van der Waals surface area contributed by atoms with Crippen molar-refractivity contribution in [3.63, 3.8) is 0 Å². The molecule has 0 aromatic heterocycles. The Bertz CT molecular complexity index is 848. The summed E-state index contributed by atoms with van der Waals surface area (Å²) in [6.07, 6.45) is 2.74. The minimum Gasteiger partial charge on any atom is -0.548 e. The number of carboxylic acids is 1. The average molecular weight is 418 g/mol. The molecule has 2 aliphatic heterocycles. The van der Waals surface area contributed by atoms with E-state index in [1.165, 1.54) is 15.4 Å². The number of carbonyl (C=O) groups is 3. The summed E-state index contributed by atoms with van der Waals surface area (Å²) in [5.74, 6) is -1.60. The van der Waals surface area contributed by atoms with Crippen molar-refractivity contribution >= 4 is 52.2 Å². The fourth-order valence-electron chi connectivity index (χ4n) is 3.30. The summed E-state index contributed by atoms with van der Waals surface area (Å²) in [7, 11) is 0. The van der Waals surface area contributed by atoms with Crippen LogP contribution in [0.15, 0.2) is 29.2 Å². The number of benzene rings is 1. The Morgan fingerprint density at radius 3 is 2.61 bits per heavy atom. The second-order valence-corrected chi connectivity index (χ2v) is 8.83. The van der Waals surface area contributed by atoms with Crippen molar-refractivity contribution in [2.24, 2.45) is 0 Å². The van der Waals surface area contributed by atoms with Gasteiger partial charge in [0.05, 0.1) is 16.9 Å². The molecule has 1 aromatic carbocycles. The number of hydrogen-bond acceptors (Lipinski definition) is 6. The normalized spacial score (nSPS) is 21.2. The smallest absolute Gasteiger partial charge is 0.266 e. The van der Waals surface area contributed by atoms with Gasteiger partial charge in [0.1, 0.15) is 10.9 Å². The van der Waals surface area contributed by atoms with Crippen molar-refractivity contribution in [2.75, 3.05) is 13.1 Å². The van der Waals surface area contributed by atoms with E-state index in [1.807, 2.05) is 24.3 Å². The molecule has 2 aliphatic rings. The number of likely N-dealkylation sites (tertiary alicyclic amines) is 1. The highest BCUT2D eigenvalue weighted by molar-refractivity contribution is 8.26. The SMILES string of the molecule is CC(C)c1ccc(/C=C2\SC(=S)N(CC(=O)N3CCC[C@H]3C(=O)[O-])C2=O)cc1. The van der Waals surface area contributed by atoms with Gasteiger partial charge in [-0.25, -0.2) is 0 Å². The Labute approximate surface area is 173 Å². The van der Waals surface area contributed by atoms with Crippen LogP contribution < -0.4 is 5.11 Å². The molecular weight excluding hydrogens is 396 g/mol. The molecule has 0 spiro atoms. The highest BCUT2D eigenvalue weighted by Gasteiger charge is 2.37. The lowest BCUT2D eigenvalue weighted by molar-refractivity contribution is -0.310. The van der Waals surface area contributed by atoms with Gasteiger partial charge < -0.3 is 14.8 Å². The van der Waals surface area contributed by atoms with Gasteiger partial charge in [-0.1, -0.05) is 62.1 Å². The summed E-state index contributed by atoms with van der Waals surface area (Å²) in [6, 6.07) is 7.01. The van der Waals surface area contributed by atoms with Crippen LogP contribution in [0.3, 0.4) is 0 Å². The highest BCUT2D eigenvalue weighted by Crippen LogP contribution is 2.33. The van der Waals surface area contributed by atoms with E-state index >= 15 is 0 Å². The van der Waals surface area contributed by atoms with E-state index < -0.39 is 17.9 Å². The van der Waals surface area contributed by atoms with Crippen LogP contribution in [0, 0.1) is 0 Å². The summed E-state index contributed by atoms with van der Waals surface area (Å²) < 4.78 is 0.299. The molecule has 2 heterocycles. The van der Waals surface area contributed by atoms with Crippen LogP contribution in [0.2, 0.25) is 0 Å². The van der Waals surface area contributed by atoms with Gasteiger partial charge >= 0.3 is 0 Å². The summed E-state index contributed by atoms with van der Waals surface area (Å²) >= 11 is 6.42. The largest absolute Gasteiger partial charge is 0.548 e. The lowest BCUT2D eigenvalue weighted by Gasteiger charge is -2.27. The molecule has 0 bridgehead atoms. The molecule has 1 aromatic rings. The zero-order chi connectivity index (χ0) is 20.4. The molecule has 8 heteroatoms. The van der Waals surface area contributed by atoms with Crippen LogP contribution in [0.5, 0.6) is 0 Å². The van der Waals surface area contributed by atoms with Crippen molar-refractivity contribution in [3.05, 3.63) is 40.3 Å². The van der Waals surface area contributed by atoms with Gasteiger partial charge in [-0.3, -0.25) is 14.5 Å². The van der Waals surface area contributed by atoms with Gasteiger partial charge in [0.15, 0.2) is 0 Å². The standard InChI is InChI=1S/C20H22N2O4S2/c1-12(2)14-7-5-13(6-8-14)10-16-18(24)22(20(27)28-16)11-17(23)21-9-3-4-15(21)19(25)26/h5-8,10,12,15H,3-4,9,11H2,1-2H3,(H,25,26)/p-1/b16-10-/t15-/m0/s1. The van der Waals surface area contributed by atoms with Gasteiger partial charge in [0.2, 0.25) is 5.91 Å². The van der Waals surface area contributed by atoms with Crippen molar-refractivity contribution in [1.82, 2.24) is 9.80 Å². The molecule has 3 rings (SSSR count). The zero-order valence-electron chi connectivity index (χ0n) is 15.7. The minimum absolute atomic E-state index is 0.252. The van der Waals surface area contributed by atoms with E-state index in [1.54, 1.807) is 6.08 Å². The Morgan fingerprint density at radius 1 is 1.32 bits per heavy atom. The van der Waals surface area contributed by atoms with E-state index in [0.29, 0.717) is 34.5 Å². The third kappa shape index (κ3) is 4.28. The number of thiocarbonyl (C=S) groups is 1. The average Bonchev–Trinajstić information content (AvgIpc) is 3.23. The van der Waals surface area contributed by atoms with Gasteiger partial charge in [0.25, 0.3) is 5.91 Å². The molecule has 0 aliphatic carbocycles. The number of hydrogen-bond donors (Lipinski definition) is 0. The van der Waals surface area contributed by atoms with Gasteiger partial charge in [0, 0.05) is 6.54 Å². The van der Waals surface area contributed by atoms with Crippen molar-refractivity contribution in [1.29, 1.82) is 0 Å². The number of thioether (sulfide) groups is 1. The summed E-state index contributed by atoms with van der Waals surface area (Å²) in [5.41, 5.74) is 2.09. The molecule has 6 nitrogen and oxygen atoms in total. The number of carbonyl (C=O) groups excluding carboxylic acids is 3. The fraction of sp³-hybridized carbons (Fsp3) is 0.400. The zero-order valence-corrected chi connectivity index (χ0v) is 17.3. The molecule has 0 N–H and O–H groups in total. The molecule has 0 saturated carbocycles. The maximum Gasteiger partial charge on any atom is 0.266 e. The molecule has 28 heavy (non-hydrogen) atoms. The second-order valence-electron chi connectivity index (χ2n) is 7.15. The lowest BCUT2D eigenvalue weighted by Crippen LogP contribution is -2.50. The minimum atomic E-state index is -1.26. The van der Waals surface area contributed by atoms with Crippen molar-refractivity contribution < 1.29 is 19.5 Å². The van der Waals surface area contributed by atoms with Crippen molar-refractivity contribution in [2.45, 2.75) is 38.6 Å². The van der Waals surface area contributed by atoms with Crippen LogP contribution in [0.4, 0.5) is 0 Å². The molecule has 0 radical (unpaired) electrons. The quantitative estimate of drug-likeness (QED) is 0.536. The third-order valence-corrected chi connectivity index (χ3v) is 6.29. The lowest BCUT2D eigenvalue weighted by atomic mass is 10.0. The first-order chi connectivity index (χ1) is 13.3. The predicted molar refractivity (Wildman–Crippen MR) is 110 cm³/mol. The molecular formula is C20H21N2O4S2-. The van der Waals surface area contributed by atoms with Crippen LogP contribution >= 0.6 is 24.0 Å². The topological polar surface area (TPSA) is 80.8 Å². The summed E-state index contributed by atoms with van der Waals surface area (Å²) in [5, 5.41) is 11.2. The highest BCUT2D eigenvalue weighted by atomic mass is 32.2. The van der Waals surface area contributed by atoms with E-state index in [0.717, 1.165) is 17.3 Å². The van der Waals surface area contributed by atoms with E-state index in [4.69, 9.17) is 12.2 Å².